The molecular weight excluding hydrogens is 394 g/mol. The number of anilines is 1. The first kappa shape index (κ1) is 20.4. The zero-order chi connectivity index (χ0) is 21.5. The van der Waals surface area contributed by atoms with Gasteiger partial charge < -0.3 is 19.4 Å². The van der Waals surface area contributed by atoms with Gasteiger partial charge in [0, 0.05) is 56.8 Å². The molecule has 0 aliphatic carbocycles. The number of fused-ring (bicyclic) bond motifs is 1. The second-order valence-corrected chi connectivity index (χ2v) is 7.39. The molecule has 1 N–H and O–H groups in total. The van der Waals surface area contributed by atoms with E-state index in [9.17, 15) is 13.6 Å². The quantitative estimate of drug-likeness (QED) is 0.685. The number of methoxy groups -OCH3 is 1. The Morgan fingerprint density at radius 3 is 2.80 bits per heavy atom. The highest BCUT2D eigenvalue weighted by atomic mass is 19.3. The van der Waals surface area contributed by atoms with Gasteiger partial charge in [0.15, 0.2) is 0 Å². The second-order valence-electron chi connectivity index (χ2n) is 7.39. The molecule has 0 saturated carbocycles. The van der Waals surface area contributed by atoms with Gasteiger partial charge in [0.1, 0.15) is 11.4 Å². The Hall–Kier alpha value is -2.91. The van der Waals surface area contributed by atoms with E-state index in [2.05, 4.69) is 10.3 Å². The Morgan fingerprint density at radius 2 is 2.17 bits per heavy atom. The summed E-state index contributed by atoms with van der Waals surface area (Å²) in [5, 5.41) is 3.40. The van der Waals surface area contributed by atoms with Crippen LogP contribution in [0.15, 0.2) is 30.6 Å². The van der Waals surface area contributed by atoms with Crippen LogP contribution in [0, 0.1) is 0 Å². The lowest BCUT2D eigenvalue weighted by Gasteiger charge is -2.26. The fourth-order valence-electron chi connectivity index (χ4n) is 3.79. The highest BCUT2D eigenvalue weighted by molar-refractivity contribution is 5.98. The Morgan fingerprint density at radius 1 is 1.37 bits per heavy atom. The molecule has 0 aromatic carbocycles. The van der Waals surface area contributed by atoms with E-state index in [1.54, 1.807) is 12.3 Å². The van der Waals surface area contributed by atoms with Crippen molar-refractivity contribution < 1.29 is 23.0 Å². The molecule has 0 bridgehead atoms. The first-order chi connectivity index (χ1) is 14.3. The molecule has 3 aromatic rings. The number of alkyl halides is 2. The summed E-state index contributed by atoms with van der Waals surface area (Å²) in [6.45, 7) is 2.13. The van der Waals surface area contributed by atoms with Crippen molar-refractivity contribution in [2.45, 2.75) is 25.4 Å². The van der Waals surface area contributed by atoms with E-state index in [1.165, 1.54) is 26.2 Å². The predicted molar refractivity (Wildman–Crippen MR) is 107 cm³/mol. The minimum absolute atomic E-state index is 0.133. The predicted octanol–water partition coefficient (Wildman–Crippen LogP) is 3.79. The monoisotopic (exact) mass is 416 g/mol. The van der Waals surface area contributed by atoms with Crippen molar-refractivity contribution in [2.75, 3.05) is 25.6 Å². The summed E-state index contributed by atoms with van der Waals surface area (Å²) in [4.78, 5) is 20.4. The molecule has 4 heterocycles. The van der Waals surface area contributed by atoms with Crippen LogP contribution in [0.5, 0.6) is 0 Å². The van der Waals surface area contributed by atoms with Gasteiger partial charge in [0.25, 0.3) is 6.43 Å². The van der Waals surface area contributed by atoms with Crippen LogP contribution in [-0.4, -0.2) is 40.8 Å². The molecule has 1 aliphatic heterocycles. The third-order valence-corrected chi connectivity index (χ3v) is 5.40. The summed E-state index contributed by atoms with van der Waals surface area (Å²) >= 11 is 0. The van der Waals surface area contributed by atoms with Crippen molar-refractivity contribution in [1.82, 2.24) is 14.5 Å². The van der Waals surface area contributed by atoms with Crippen molar-refractivity contribution in [3.63, 3.8) is 0 Å². The van der Waals surface area contributed by atoms with E-state index in [-0.39, 0.29) is 18.1 Å². The smallest absolute Gasteiger partial charge is 0.263 e. The van der Waals surface area contributed by atoms with Crippen molar-refractivity contribution in [1.29, 1.82) is 0 Å². The van der Waals surface area contributed by atoms with Gasteiger partial charge in [-0.25, -0.2) is 18.7 Å². The largest absolute Gasteiger partial charge is 0.378 e. The highest BCUT2D eigenvalue weighted by Crippen LogP contribution is 2.38. The topological polar surface area (TPSA) is 78.3 Å². The summed E-state index contributed by atoms with van der Waals surface area (Å²) in [6, 6.07) is 4.50. The summed E-state index contributed by atoms with van der Waals surface area (Å²) in [5.41, 5.74) is 1.28. The molecule has 9 heteroatoms. The van der Waals surface area contributed by atoms with E-state index in [0.29, 0.717) is 35.8 Å². The molecule has 1 saturated heterocycles. The van der Waals surface area contributed by atoms with Gasteiger partial charge >= 0.3 is 0 Å². The number of amides is 1. The van der Waals surface area contributed by atoms with Crippen LogP contribution in [0.4, 0.5) is 14.6 Å². The van der Waals surface area contributed by atoms with Gasteiger partial charge in [0.2, 0.25) is 5.91 Å². The molecule has 0 radical (unpaired) electrons. The van der Waals surface area contributed by atoms with Crippen LogP contribution in [0.1, 0.15) is 31.0 Å². The Bertz CT molecular complexity index is 1110. The minimum atomic E-state index is -2.66. The fourth-order valence-corrected chi connectivity index (χ4v) is 3.79. The number of hydrogen-bond donors (Lipinski definition) is 1. The number of pyridine rings is 2. The zero-order valence-corrected chi connectivity index (χ0v) is 16.9. The van der Waals surface area contributed by atoms with Gasteiger partial charge in [-0.15, -0.1) is 0 Å². The van der Waals surface area contributed by atoms with Gasteiger partial charge in [-0.1, -0.05) is 0 Å². The van der Waals surface area contributed by atoms with Crippen molar-refractivity contribution in [2.24, 2.45) is 7.05 Å². The molecule has 7 nitrogen and oxygen atoms in total. The molecule has 0 spiro atoms. The number of aryl methyl sites for hydroxylation is 1. The maximum absolute atomic E-state index is 13.7. The van der Waals surface area contributed by atoms with Gasteiger partial charge in [-0.2, -0.15) is 0 Å². The second kappa shape index (κ2) is 7.73. The summed E-state index contributed by atoms with van der Waals surface area (Å²) in [7, 11) is 3.37. The summed E-state index contributed by atoms with van der Waals surface area (Å²) in [5.74, 6) is 0.132. The molecule has 1 unspecified atom stereocenters. The average Bonchev–Trinajstić information content (AvgIpc) is 3.33. The van der Waals surface area contributed by atoms with Crippen LogP contribution in [-0.2, 0) is 26.9 Å². The number of nitrogens with zero attached hydrogens (tertiary/aromatic N) is 3. The minimum Gasteiger partial charge on any atom is -0.378 e. The van der Waals surface area contributed by atoms with E-state index in [0.717, 1.165) is 10.9 Å². The zero-order valence-electron chi connectivity index (χ0n) is 16.9. The Balaban J connectivity index is 1.91. The number of carbonyl (C=O) groups is 1. The van der Waals surface area contributed by atoms with Gasteiger partial charge in [-0.3, -0.25) is 4.79 Å². The molecule has 1 atom stereocenters. The number of halogens is 2. The maximum atomic E-state index is 13.7. The first-order valence-electron chi connectivity index (χ1n) is 9.49. The van der Waals surface area contributed by atoms with Crippen LogP contribution in [0.3, 0.4) is 0 Å². The highest BCUT2D eigenvalue weighted by Gasteiger charge is 2.39. The molecule has 4 rings (SSSR count). The SMILES string of the molecule is COC1(c2cc(C(F)F)cc(-c3cn(C)c4cnc(NC(C)=O)cc34)n2)CCOC1. The van der Waals surface area contributed by atoms with Crippen molar-refractivity contribution in [3.8, 4) is 11.3 Å². The van der Waals surface area contributed by atoms with E-state index in [1.807, 2.05) is 17.8 Å². The number of carbonyl (C=O) groups excluding carboxylic acids is 1. The van der Waals surface area contributed by atoms with Gasteiger partial charge in [0.05, 0.1) is 29.7 Å². The third kappa shape index (κ3) is 3.54. The van der Waals surface area contributed by atoms with Crippen molar-refractivity contribution in [3.05, 3.63) is 41.9 Å². The normalized spacial score (nSPS) is 19.0. The number of nitrogens with one attached hydrogen (secondary N) is 1. The summed E-state index contributed by atoms with van der Waals surface area (Å²) < 4.78 is 40.4. The molecule has 158 valence electrons. The van der Waals surface area contributed by atoms with Crippen LogP contribution in [0.25, 0.3) is 22.2 Å². The van der Waals surface area contributed by atoms with Gasteiger partial charge in [-0.05, 0) is 18.2 Å². The van der Waals surface area contributed by atoms with E-state index < -0.39 is 12.0 Å². The molecule has 1 fully saturated rings. The Labute approximate surface area is 172 Å². The molecule has 1 amide bonds. The average molecular weight is 416 g/mol. The first-order valence-corrected chi connectivity index (χ1v) is 9.49. The molecular formula is C21H22F2N4O3. The van der Waals surface area contributed by atoms with Crippen LogP contribution >= 0.6 is 0 Å². The van der Waals surface area contributed by atoms with Crippen LogP contribution in [0.2, 0.25) is 0 Å². The van der Waals surface area contributed by atoms with E-state index >= 15 is 0 Å². The lowest BCUT2D eigenvalue weighted by Crippen LogP contribution is -2.30. The maximum Gasteiger partial charge on any atom is 0.263 e. The molecule has 30 heavy (non-hydrogen) atoms. The standard InChI is InChI=1S/C21H22F2N4O3/c1-12(28)25-19-8-14-15(10-27(2)17(14)9-24-19)16-6-13(20(22)23)7-18(26-16)21(29-3)4-5-30-11-21/h6-10,20H,4-5,11H2,1-3H3,(H,24,25,28). The number of hydrogen-bond acceptors (Lipinski definition) is 5. The number of rotatable bonds is 5. The lowest BCUT2D eigenvalue weighted by atomic mass is 9.95. The molecule has 3 aromatic heterocycles. The number of ether oxygens (including phenoxy) is 2. The number of aromatic nitrogens is 3. The third-order valence-electron chi connectivity index (χ3n) is 5.40. The summed E-state index contributed by atoms with van der Waals surface area (Å²) in [6.07, 6.45) is 1.32. The lowest BCUT2D eigenvalue weighted by molar-refractivity contribution is -0.114. The molecule has 1 aliphatic rings. The van der Waals surface area contributed by atoms with E-state index in [4.69, 9.17) is 14.5 Å². The van der Waals surface area contributed by atoms with Crippen molar-refractivity contribution >= 4 is 22.6 Å². The fraction of sp³-hybridized carbons (Fsp3) is 0.381. The Kier molecular flexibility index (Phi) is 5.25. The van der Waals surface area contributed by atoms with Crippen LogP contribution < -0.4 is 5.32 Å².